The van der Waals surface area contributed by atoms with Gasteiger partial charge in [0.1, 0.15) is 6.17 Å². The molecule has 4 rings (SSSR count). The lowest BCUT2D eigenvalue weighted by molar-refractivity contribution is -0.114. The monoisotopic (exact) mass is 385 g/mol. The van der Waals surface area contributed by atoms with Crippen LogP contribution in [0.2, 0.25) is 0 Å². The lowest BCUT2D eigenvalue weighted by atomic mass is 10.0. The lowest BCUT2D eigenvalue weighted by Gasteiger charge is -2.38. The van der Waals surface area contributed by atoms with E-state index in [0.29, 0.717) is 11.3 Å². The molecule has 2 N–H and O–H groups in total. The number of para-hydroxylation sites is 1. The molecular formula is C24H23N3O2. The molecule has 0 fully saturated rings. The minimum Gasteiger partial charge on any atom is -0.360 e. The maximum absolute atomic E-state index is 13.4. The summed E-state index contributed by atoms with van der Waals surface area (Å²) in [7, 11) is 0. The number of carbonyl (C=O) groups excluding carboxylic acids is 2. The minimum atomic E-state index is -0.324. The van der Waals surface area contributed by atoms with Crippen LogP contribution < -0.4 is 15.5 Å². The minimum absolute atomic E-state index is 0.0591. The van der Waals surface area contributed by atoms with E-state index in [-0.39, 0.29) is 18.0 Å². The zero-order chi connectivity index (χ0) is 20.4. The molecule has 0 aliphatic carbocycles. The molecule has 3 aromatic carbocycles. The highest BCUT2D eigenvalue weighted by molar-refractivity contribution is 6.12. The number of anilines is 3. The van der Waals surface area contributed by atoms with Gasteiger partial charge in [0, 0.05) is 24.0 Å². The van der Waals surface area contributed by atoms with E-state index in [1.165, 1.54) is 12.5 Å². The quantitative estimate of drug-likeness (QED) is 0.666. The van der Waals surface area contributed by atoms with Crippen molar-refractivity contribution in [2.45, 2.75) is 26.4 Å². The fourth-order valence-electron chi connectivity index (χ4n) is 3.60. The van der Waals surface area contributed by atoms with Gasteiger partial charge in [-0.1, -0.05) is 43.3 Å². The first-order valence-electron chi connectivity index (χ1n) is 9.72. The summed E-state index contributed by atoms with van der Waals surface area (Å²) in [5.74, 6) is -0.188. The molecule has 1 heterocycles. The number of nitrogens with one attached hydrogen (secondary N) is 2. The van der Waals surface area contributed by atoms with Gasteiger partial charge in [0.2, 0.25) is 5.91 Å². The molecule has 0 saturated heterocycles. The van der Waals surface area contributed by atoms with Crippen LogP contribution in [0.5, 0.6) is 0 Å². The summed E-state index contributed by atoms with van der Waals surface area (Å²) in [6.45, 7) is 3.59. The van der Waals surface area contributed by atoms with Crippen molar-refractivity contribution in [2.24, 2.45) is 0 Å². The number of hydrogen-bond acceptors (Lipinski definition) is 3. The van der Waals surface area contributed by atoms with Gasteiger partial charge < -0.3 is 10.6 Å². The summed E-state index contributed by atoms with van der Waals surface area (Å²) in [5, 5.41) is 6.27. The van der Waals surface area contributed by atoms with Gasteiger partial charge in [0.25, 0.3) is 5.91 Å². The molecule has 0 radical (unpaired) electrons. The SMILES string of the molecule is CCc1ccc([C@@H]2Nc3ccccc3C(=O)N2c2ccc(NC(C)=O)cc2)cc1. The fraction of sp³-hybridized carbons (Fsp3) is 0.167. The fourth-order valence-corrected chi connectivity index (χ4v) is 3.60. The van der Waals surface area contributed by atoms with Gasteiger partial charge in [-0.25, -0.2) is 0 Å². The Morgan fingerprint density at radius 2 is 1.69 bits per heavy atom. The van der Waals surface area contributed by atoms with Gasteiger partial charge in [-0.3, -0.25) is 14.5 Å². The molecule has 0 unspecified atom stereocenters. The first-order chi connectivity index (χ1) is 14.1. The first-order valence-corrected chi connectivity index (χ1v) is 9.72. The molecule has 0 bridgehead atoms. The lowest BCUT2D eigenvalue weighted by Crippen LogP contribution is -2.43. The van der Waals surface area contributed by atoms with Crippen molar-refractivity contribution in [3.63, 3.8) is 0 Å². The number of aryl methyl sites for hydroxylation is 1. The summed E-state index contributed by atoms with van der Waals surface area (Å²) < 4.78 is 0. The highest BCUT2D eigenvalue weighted by Gasteiger charge is 2.33. The number of benzene rings is 3. The summed E-state index contributed by atoms with van der Waals surface area (Å²) in [6, 6.07) is 23.2. The molecule has 146 valence electrons. The van der Waals surface area contributed by atoms with E-state index in [0.717, 1.165) is 23.4 Å². The van der Waals surface area contributed by atoms with Gasteiger partial charge in [0.15, 0.2) is 0 Å². The van der Waals surface area contributed by atoms with Crippen LogP contribution in [0.4, 0.5) is 17.1 Å². The largest absolute Gasteiger partial charge is 0.360 e. The van der Waals surface area contributed by atoms with Crippen LogP contribution in [-0.4, -0.2) is 11.8 Å². The van der Waals surface area contributed by atoms with Crippen LogP contribution in [0, 0.1) is 0 Å². The van der Waals surface area contributed by atoms with Crippen LogP contribution in [0.25, 0.3) is 0 Å². The van der Waals surface area contributed by atoms with Crippen molar-refractivity contribution in [3.8, 4) is 0 Å². The average molecular weight is 385 g/mol. The van der Waals surface area contributed by atoms with Crippen molar-refractivity contribution in [1.82, 2.24) is 0 Å². The van der Waals surface area contributed by atoms with E-state index in [4.69, 9.17) is 0 Å². The van der Waals surface area contributed by atoms with Crippen molar-refractivity contribution < 1.29 is 9.59 Å². The predicted octanol–water partition coefficient (Wildman–Crippen LogP) is 4.98. The Bertz CT molecular complexity index is 1040. The normalized spacial score (nSPS) is 15.4. The average Bonchev–Trinajstić information content (AvgIpc) is 2.74. The maximum Gasteiger partial charge on any atom is 0.262 e. The molecule has 1 aliphatic heterocycles. The van der Waals surface area contributed by atoms with E-state index >= 15 is 0 Å². The number of rotatable bonds is 4. The molecule has 5 heteroatoms. The highest BCUT2D eigenvalue weighted by Crippen LogP contribution is 2.37. The van der Waals surface area contributed by atoms with Crippen LogP contribution in [0.15, 0.2) is 72.8 Å². The van der Waals surface area contributed by atoms with Crippen molar-refractivity contribution in [3.05, 3.63) is 89.5 Å². The van der Waals surface area contributed by atoms with E-state index < -0.39 is 0 Å². The molecule has 29 heavy (non-hydrogen) atoms. The second-order valence-electron chi connectivity index (χ2n) is 7.09. The van der Waals surface area contributed by atoms with Crippen LogP contribution >= 0.6 is 0 Å². The number of amides is 2. The Labute approximate surface area is 170 Å². The third-order valence-electron chi connectivity index (χ3n) is 5.10. The molecule has 0 saturated carbocycles. The molecule has 2 amide bonds. The van der Waals surface area contributed by atoms with E-state index in [2.05, 4.69) is 41.8 Å². The van der Waals surface area contributed by atoms with Gasteiger partial charge in [-0.15, -0.1) is 0 Å². The molecule has 3 aromatic rings. The van der Waals surface area contributed by atoms with Gasteiger partial charge in [-0.05, 0) is 53.9 Å². The summed E-state index contributed by atoms with van der Waals surface area (Å²) in [6.07, 6.45) is 0.643. The number of fused-ring (bicyclic) bond motifs is 1. The van der Waals surface area contributed by atoms with Crippen LogP contribution in [0.1, 0.15) is 41.5 Å². The smallest absolute Gasteiger partial charge is 0.262 e. The van der Waals surface area contributed by atoms with Crippen molar-refractivity contribution in [2.75, 3.05) is 15.5 Å². The Morgan fingerprint density at radius 3 is 2.34 bits per heavy atom. The molecule has 0 aromatic heterocycles. The van der Waals surface area contributed by atoms with E-state index in [1.54, 1.807) is 4.90 Å². The maximum atomic E-state index is 13.4. The molecule has 1 aliphatic rings. The molecule has 1 atom stereocenters. The number of hydrogen-bond donors (Lipinski definition) is 2. The zero-order valence-electron chi connectivity index (χ0n) is 16.5. The third kappa shape index (κ3) is 3.72. The Morgan fingerprint density at radius 1 is 1.00 bits per heavy atom. The van der Waals surface area contributed by atoms with E-state index in [1.807, 2.05) is 48.5 Å². The zero-order valence-corrected chi connectivity index (χ0v) is 16.5. The number of nitrogens with zero attached hydrogens (tertiary/aromatic N) is 1. The Hall–Kier alpha value is -3.60. The Balaban J connectivity index is 1.76. The van der Waals surface area contributed by atoms with Gasteiger partial charge in [0.05, 0.1) is 5.56 Å². The van der Waals surface area contributed by atoms with Gasteiger partial charge >= 0.3 is 0 Å². The summed E-state index contributed by atoms with van der Waals surface area (Å²) in [4.78, 5) is 26.5. The number of carbonyl (C=O) groups is 2. The first kappa shape index (κ1) is 18.7. The van der Waals surface area contributed by atoms with Crippen LogP contribution in [0.3, 0.4) is 0 Å². The second-order valence-corrected chi connectivity index (χ2v) is 7.09. The predicted molar refractivity (Wildman–Crippen MR) is 116 cm³/mol. The third-order valence-corrected chi connectivity index (χ3v) is 5.10. The molecule has 0 spiro atoms. The standard InChI is InChI=1S/C24H23N3O2/c1-3-17-8-10-18(11-9-17)23-26-22-7-5-4-6-21(22)24(29)27(23)20-14-12-19(13-15-20)25-16(2)28/h4-15,23,26H,3H2,1-2H3,(H,25,28)/t23-/m1/s1. The second kappa shape index (κ2) is 7.80. The van der Waals surface area contributed by atoms with Crippen molar-refractivity contribution >= 4 is 28.9 Å². The van der Waals surface area contributed by atoms with E-state index in [9.17, 15) is 9.59 Å². The van der Waals surface area contributed by atoms with Gasteiger partial charge in [-0.2, -0.15) is 0 Å². The van der Waals surface area contributed by atoms with Crippen molar-refractivity contribution in [1.29, 1.82) is 0 Å². The Kier molecular flexibility index (Phi) is 5.04. The summed E-state index contributed by atoms with van der Waals surface area (Å²) >= 11 is 0. The topological polar surface area (TPSA) is 61.4 Å². The summed E-state index contributed by atoms with van der Waals surface area (Å²) in [5.41, 5.74) is 5.19. The molecular weight excluding hydrogens is 362 g/mol. The van der Waals surface area contributed by atoms with Crippen LogP contribution in [-0.2, 0) is 11.2 Å². The highest BCUT2D eigenvalue weighted by atomic mass is 16.2. The molecule has 5 nitrogen and oxygen atoms in total.